The van der Waals surface area contributed by atoms with E-state index in [9.17, 15) is 13.2 Å². The highest BCUT2D eigenvalue weighted by molar-refractivity contribution is 7.90. The Kier molecular flexibility index (Phi) is 5.74. The Morgan fingerprint density at radius 2 is 1.81 bits per heavy atom. The summed E-state index contributed by atoms with van der Waals surface area (Å²) in [6.45, 7) is 9.51. The van der Waals surface area contributed by atoms with E-state index in [2.05, 4.69) is 9.97 Å². The summed E-state index contributed by atoms with van der Waals surface area (Å²) in [6.07, 6.45) is -0.244. The van der Waals surface area contributed by atoms with Crippen LogP contribution in [-0.4, -0.2) is 30.4 Å². The molecule has 2 aromatic rings. The van der Waals surface area contributed by atoms with Crippen LogP contribution in [0.4, 0.5) is 5.82 Å². The molecule has 1 amide bonds. The molecule has 9 heteroatoms. The van der Waals surface area contributed by atoms with Gasteiger partial charge in [0.25, 0.3) is 15.9 Å². The number of nitrogen functional groups attached to an aromatic ring is 1. The van der Waals surface area contributed by atoms with Gasteiger partial charge in [-0.25, -0.2) is 14.7 Å². The van der Waals surface area contributed by atoms with Crippen LogP contribution < -0.4 is 15.2 Å². The maximum Gasteiger partial charge on any atom is 0.281 e. The van der Waals surface area contributed by atoms with Gasteiger partial charge in [-0.05, 0) is 38.1 Å². The molecule has 0 saturated carbocycles. The van der Waals surface area contributed by atoms with E-state index in [0.29, 0.717) is 0 Å². The van der Waals surface area contributed by atoms with Crippen molar-refractivity contribution in [2.45, 2.75) is 51.2 Å². The van der Waals surface area contributed by atoms with Crippen molar-refractivity contribution in [3.05, 3.63) is 41.6 Å². The van der Waals surface area contributed by atoms with Crippen LogP contribution in [0.15, 0.2) is 35.4 Å². The Bertz CT molecular complexity index is 950. The van der Waals surface area contributed by atoms with Crippen LogP contribution in [-0.2, 0) is 15.4 Å². The largest absolute Gasteiger partial charge is 0.474 e. The smallest absolute Gasteiger partial charge is 0.281 e. The third kappa shape index (κ3) is 5.16. The highest BCUT2D eigenvalue weighted by Crippen LogP contribution is 2.26. The number of nitrogens with zero attached hydrogens (tertiary/aromatic N) is 2. The van der Waals surface area contributed by atoms with Gasteiger partial charge >= 0.3 is 0 Å². The Morgan fingerprint density at radius 1 is 1.15 bits per heavy atom. The fraction of sp³-hybridized carbons (Fsp3) is 0.389. The molecule has 146 valence electrons. The summed E-state index contributed by atoms with van der Waals surface area (Å²) < 4.78 is 32.5. The summed E-state index contributed by atoms with van der Waals surface area (Å²) in [6, 6.07) is 7.31. The van der Waals surface area contributed by atoms with Gasteiger partial charge in [0.15, 0.2) is 5.03 Å². The van der Waals surface area contributed by atoms with Crippen LogP contribution >= 0.6 is 0 Å². The lowest BCUT2D eigenvalue weighted by Crippen LogP contribution is -2.32. The van der Waals surface area contributed by atoms with Gasteiger partial charge in [0.1, 0.15) is 11.4 Å². The summed E-state index contributed by atoms with van der Waals surface area (Å²) in [5.41, 5.74) is 5.99. The number of nitrogens with one attached hydrogen (secondary N) is 1. The predicted molar refractivity (Wildman–Crippen MR) is 102 cm³/mol. The van der Waals surface area contributed by atoms with Gasteiger partial charge in [-0.3, -0.25) is 4.79 Å². The molecule has 0 radical (unpaired) electrons. The highest BCUT2D eigenvalue weighted by Gasteiger charge is 2.25. The molecule has 0 unspecified atom stereocenters. The quantitative estimate of drug-likeness (QED) is 0.799. The molecule has 0 bridgehead atoms. The van der Waals surface area contributed by atoms with E-state index < -0.39 is 15.9 Å². The molecule has 0 aliphatic rings. The van der Waals surface area contributed by atoms with Gasteiger partial charge in [-0.1, -0.05) is 26.8 Å². The van der Waals surface area contributed by atoms with Crippen molar-refractivity contribution in [2.24, 2.45) is 0 Å². The zero-order valence-electron chi connectivity index (χ0n) is 16.0. The first kappa shape index (κ1) is 20.6. The fourth-order valence-corrected chi connectivity index (χ4v) is 3.10. The van der Waals surface area contributed by atoms with E-state index in [1.807, 2.05) is 25.5 Å². The molecule has 0 fully saturated rings. The van der Waals surface area contributed by atoms with Crippen LogP contribution in [0.5, 0.6) is 5.88 Å². The van der Waals surface area contributed by atoms with E-state index in [-0.39, 0.29) is 33.8 Å². The van der Waals surface area contributed by atoms with Gasteiger partial charge in [0.05, 0.1) is 6.10 Å². The van der Waals surface area contributed by atoms with Crippen LogP contribution in [0.3, 0.4) is 0 Å². The average Bonchev–Trinajstić information content (AvgIpc) is 2.53. The minimum Gasteiger partial charge on any atom is -0.474 e. The summed E-state index contributed by atoms with van der Waals surface area (Å²) in [4.78, 5) is 20.8. The Morgan fingerprint density at radius 3 is 2.37 bits per heavy atom. The molecular formula is C18H24N4O4S. The topological polar surface area (TPSA) is 124 Å². The molecule has 0 saturated heterocycles. The van der Waals surface area contributed by atoms with Crippen LogP contribution in [0.2, 0.25) is 0 Å². The minimum atomic E-state index is -4.19. The van der Waals surface area contributed by atoms with Gasteiger partial charge in [0, 0.05) is 11.1 Å². The first-order valence-corrected chi connectivity index (χ1v) is 9.86. The summed E-state index contributed by atoms with van der Waals surface area (Å²) in [5.74, 6) is -0.751. The van der Waals surface area contributed by atoms with E-state index in [4.69, 9.17) is 10.5 Å². The average molecular weight is 392 g/mol. The molecule has 0 aliphatic carbocycles. The number of ether oxygens (including phenoxy) is 1. The number of anilines is 1. The van der Waals surface area contributed by atoms with Crippen molar-refractivity contribution in [1.29, 1.82) is 0 Å². The maximum absolute atomic E-state index is 12.6. The minimum absolute atomic E-state index is 0.0178. The van der Waals surface area contributed by atoms with Crippen LogP contribution in [0.25, 0.3) is 0 Å². The first-order chi connectivity index (χ1) is 12.4. The molecular weight excluding hydrogens is 368 g/mol. The zero-order chi connectivity index (χ0) is 20.4. The monoisotopic (exact) mass is 392 g/mol. The number of rotatable bonds is 5. The molecule has 27 heavy (non-hydrogen) atoms. The maximum atomic E-state index is 12.6. The number of carbonyl (C=O) groups is 1. The van der Waals surface area contributed by atoms with Crippen molar-refractivity contribution in [3.8, 4) is 5.88 Å². The summed E-state index contributed by atoms with van der Waals surface area (Å²) in [5, 5.41) is -0.346. The number of hydrogen-bond donors (Lipinski definition) is 2. The number of pyridine rings is 2. The molecule has 3 N–H and O–H groups in total. The molecule has 2 heterocycles. The molecule has 0 aliphatic heterocycles. The Balaban J connectivity index is 2.40. The lowest BCUT2D eigenvalue weighted by molar-refractivity contribution is 0.0974. The van der Waals surface area contributed by atoms with Crippen LogP contribution in [0, 0.1) is 0 Å². The van der Waals surface area contributed by atoms with Crippen molar-refractivity contribution in [1.82, 2.24) is 14.7 Å². The van der Waals surface area contributed by atoms with Gasteiger partial charge in [-0.15, -0.1) is 0 Å². The molecule has 0 spiro atoms. The third-order valence-electron chi connectivity index (χ3n) is 3.47. The van der Waals surface area contributed by atoms with E-state index >= 15 is 0 Å². The number of nitrogens with two attached hydrogens (primary N) is 1. The highest BCUT2D eigenvalue weighted by atomic mass is 32.2. The second kappa shape index (κ2) is 7.51. The third-order valence-corrected chi connectivity index (χ3v) is 4.70. The standard InChI is InChI=1S/C18H24N4O4S/c1-11(2)26-17-12(9-10-13(20-17)18(3,4)5)16(23)22-27(24,25)15-8-6-7-14(19)21-15/h6-11H,1-5H3,(H2,19,21)(H,22,23). The Labute approximate surface area is 159 Å². The lowest BCUT2D eigenvalue weighted by Gasteiger charge is -2.20. The predicted octanol–water partition coefficient (Wildman–Crippen LogP) is 2.26. The number of sulfonamides is 1. The van der Waals surface area contributed by atoms with Gasteiger partial charge < -0.3 is 10.5 Å². The molecule has 0 aromatic carbocycles. The van der Waals surface area contributed by atoms with E-state index in [1.54, 1.807) is 19.9 Å². The van der Waals surface area contributed by atoms with E-state index in [1.165, 1.54) is 24.3 Å². The van der Waals surface area contributed by atoms with Crippen molar-refractivity contribution >= 4 is 21.7 Å². The summed E-state index contributed by atoms with van der Waals surface area (Å²) >= 11 is 0. The molecule has 2 rings (SSSR count). The van der Waals surface area contributed by atoms with Crippen molar-refractivity contribution < 1.29 is 17.9 Å². The SMILES string of the molecule is CC(C)Oc1nc(C(C)(C)C)ccc1C(=O)NS(=O)(=O)c1cccc(N)n1. The summed E-state index contributed by atoms with van der Waals surface area (Å²) in [7, 11) is -4.19. The second-order valence-corrected chi connectivity index (χ2v) is 8.93. The normalized spacial score (nSPS) is 12.1. The van der Waals surface area contributed by atoms with Gasteiger partial charge in [-0.2, -0.15) is 8.42 Å². The van der Waals surface area contributed by atoms with Crippen molar-refractivity contribution in [3.63, 3.8) is 0 Å². The van der Waals surface area contributed by atoms with Gasteiger partial charge in [0.2, 0.25) is 5.88 Å². The molecule has 0 atom stereocenters. The number of amides is 1. The number of hydrogen-bond acceptors (Lipinski definition) is 7. The number of aromatic nitrogens is 2. The second-order valence-electron chi connectivity index (χ2n) is 7.30. The lowest BCUT2D eigenvalue weighted by atomic mass is 9.91. The molecule has 8 nitrogen and oxygen atoms in total. The zero-order valence-corrected chi connectivity index (χ0v) is 16.8. The van der Waals surface area contributed by atoms with E-state index in [0.717, 1.165) is 5.69 Å². The number of carbonyl (C=O) groups excluding carboxylic acids is 1. The molecule has 2 aromatic heterocycles. The first-order valence-electron chi connectivity index (χ1n) is 8.38. The Hall–Kier alpha value is -2.68. The van der Waals surface area contributed by atoms with Crippen molar-refractivity contribution in [2.75, 3.05) is 5.73 Å². The van der Waals surface area contributed by atoms with Crippen LogP contribution in [0.1, 0.15) is 50.7 Å². The fourth-order valence-electron chi connectivity index (χ4n) is 2.15.